The Labute approximate surface area is 236 Å². The Bertz CT molecular complexity index is 978. The highest BCUT2D eigenvalue weighted by Crippen LogP contribution is 2.25. The fourth-order valence-electron chi connectivity index (χ4n) is 4.77. The van der Waals surface area contributed by atoms with Crippen LogP contribution in [0, 0.1) is 12.8 Å². The molecular weight excluding hydrogens is 486 g/mol. The number of rotatable bonds is 10. The predicted molar refractivity (Wildman–Crippen MR) is 161 cm³/mol. The van der Waals surface area contributed by atoms with Crippen LogP contribution in [0.2, 0.25) is 0 Å². The second kappa shape index (κ2) is 16.3. The second-order valence-electron chi connectivity index (χ2n) is 12.2. The summed E-state index contributed by atoms with van der Waals surface area (Å²) in [6.45, 7) is 12.8. The summed E-state index contributed by atoms with van der Waals surface area (Å²) in [4.78, 5) is 26.9. The minimum Gasteiger partial charge on any atom is -0.489 e. The van der Waals surface area contributed by atoms with Gasteiger partial charge >= 0.3 is 0 Å². The van der Waals surface area contributed by atoms with Crippen LogP contribution in [-0.4, -0.2) is 47.9 Å². The lowest BCUT2D eigenvalue weighted by Gasteiger charge is -2.37. The van der Waals surface area contributed by atoms with E-state index in [1.165, 1.54) is 43.2 Å². The van der Waals surface area contributed by atoms with Crippen molar-refractivity contribution in [2.75, 3.05) is 13.6 Å². The van der Waals surface area contributed by atoms with Crippen molar-refractivity contribution in [3.05, 3.63) is 65.7 Å². The Morgan fingerprint density at radius 2 is 1.59 bits per heavy atom. The van der Waals surface area contributed by atoms with Crippen molar-refractivity contribution in [2.45, 2.75) is 104 Å². The third-order valence-corrected chi connectivity index (χ3v) is 6.85. The van der Waals surface area contributed by atoms with Crippen LogP contribution in [0.15, 0.2) is 54.6 Å². The first-order chi connectivity index (χ1) is 18.4. The van der Waals surface area contributed by atoms with Crippen molar-refractivity contribution in [1.82, 2.24) is 15.5 Å². The van der Waals surface area contributed by atoms with E-state index in [0.29, 0.717) is 18.6 Å². The predicted octanol–water partition coefficient (Wildman–Crippen LogP) is 6.27. The smallest absolute Gasteiger partial charge is 0.239 e. The molecule has 0 radical (unpaired) electrons. The summed E-state index contributed by atoms with van der Waals surface area (Å²) in [5.74, 6) is 1.19. The van der Waals surface area contributed by atoms with Crippen LogP contribution in [0.4, 0.5) is 0 Å². The van der Waals surface area contributed by atoms with E-state index in [2.05, 4.69) is 67.6 Å². The van der Waals surface area contributed by atoms with Gasteiger partial charge in [0, 0.05) is 11.6 Å². The molecule has 2 amide bonds. The maximum atomic E-state index is 12.7. The molecule has 0 heterocycles. The molecular formula is C33H51N3O3. The average molecular weight is 538 g/mol. The largest absolute Gasteiger partial charge is 0.489 e. The Kier molecular flexibility index (Phi) is 13.5. The Balaban J connectivity index is 0.000000302. The summed E-state index contributed by atoms with van der Waals surface area (Å²) < 4.78 is 5.65. The van der Waals surface area contributed by atoms with E-state index in [1.54, 1.807) is 0 Å². The monoisotopic (exact) mass is 537 g/mol. The number of ether oxygens (including phenoxy) is 1. The quantitative estimate of drug-likeness (QED) is 0.375. The third-order valence-electron chi connectivity index (χ3n) is 6.85. The van der Waals surface area contributed by atoms with Gasteiger partial charge in [-0.3, -0.25) is 14.5 Å². The number of carbonyl (C=O) groups excluding carboxylic acids is 2. The van der Waals surface area contributed by atoms with Gasteiger partial charge in [0.05, 0.1) is 12.6 Å². The fourth-order valence-corrected chi connectivity index (χ4v) is 4.77. The first kappa shape index (κ1) is 32.4. The summed E-state index contributed by atoms with van der Waals surface area (Å²) in [5.41, 5.74) is 2.16. The summed E-state index contributed by atoms with van der Waals surface area (Å²) in [5, 5.41) is 5.72. The molecule has 0 bridgehead atoms. The van der Waals surface area contributed by atoms with E-state index in [0.717, 1.165) is 12.2 Å². The summed E-state index contributed by atoms with van der Waals surface area (Å²) in [6, 6.07) is 18.6. The number of nitrogens with one attached hydrogen (secondary N) is 2. The molecule has 3 rings (SSSR count). The number of aryl methyl sites for hydroxylation is 1. The van der Waals surface area contributed by atoms with Crippen molar-refractivity contribution in [1.29, 1.82) is 0 Å². The van der Waals surface area contributed by atoms with E-state index in [4.69, 9.17) is 4.74 Å². The molecule has 6 heteroatoms. The minimum atomic E-state index is -0.280. The fraction of sp³-hybridized carbons (Fsp3) is 0.576. The van der Waals surface area contributed by atoms with E-state index in [9.17, 15) is 9.59 Å². The van der Waals surface area contributed by atoms with Crippen LogP contribution in [0.5, 0.6) is 5.75 Å². The van der Waals surface area contributed by atoms with Gasteiger partial charge in [0.2, 0.25) is 11.8 Å². The molecule has 6 nitrogen and oxygen atoms in total. The van der Waals surface area contributed by atoms with Crippen LogP contribution in [0.3, 0.4) is 0 Å². The van der Waals surface area contributed by atoms with Crippen molar-refractivity contribution in [3.63, 3.8) is 0 Å². The molecule has 2 aromatic rings. The van der Waals surface area contributed by atoms with Crippen LogP contribution in [0.1, 0.15) is 84.3 Å². The maximum Gasteiger partial charge on any atom is 0.239 e. The van der Waals surface area contributed by atoms with Crippen LogP contribution in [-0.2, 0) is 16.2 Å². The lowest BCUT2D eigenvalue weighted by molar-refractivity contribution is -0.131. The molecule has 2 aromatic carbocycles. The first-order valence-electron chi connectivity index (χ1n) is 14.5. The van der Waals surface area contributed by atoms with Gasteiger partial charge < -0.3 is 15.4 Å². The van der Waals surface area contributed by atoms with Crippen molar-refractivity contribution >= 4 is 11.8 Å². The Hall–Kier alpha value is -2.86. The van der Waals surface area contributed by atoms with Crippen LogP contribution >= 0.6 is 0 Å². The molecule has 1 aliphatic carbocycles. The minimum absolute atomic E-state index is 0.0270. The molecule has 39 heavy (non-hydrogen) atoms. The molecule has 1 aliphatic rings. The molecule has 1 saturated carbocycles. The van der Waals surface area contributed by atoms with Crippen LogP contribution in [0.25, 0.3) is 0 Å². The molecule has 0 aromatic heterocycles. The number of benzene rings is 2. The van der Waals surface area contributed by atoms with Gasteiger partial charge in [-0.2, -0.15) is 0 Å². The molecule has 1 atom stereocenters. The summed E-state index contributed by atoms with van der Waals surface area (Å²) in [6.07, 6.45) is 6.96. The Morgan fingerprint density at radius 3 is 2.15 bits per heavy atom. The zero-order valence-corrected chi connectivity index (χ0v) is 25.3. The van der Waals surface area contributed by atoms with E-state index >= 15 is 0 Å². The van der Waals surface area contributed by atoms with Crippen LogP contribution < -0.4 is 15.4 Å². The number of hydrogen-bond donors (Lipinski definition) is 2. The molecule has 0 aliphatic heterocycles. The standard InChI is InChI=1S/C19H37N3O2.C14H14O/c1-14(2)12-16(22(6)15-10-8-7-9-11-15)18(24)20-13-17(23)21-19(3,4)5;1-12-7-9-14(10-8-12)15-11-13-5-3-2-4-6-13/h14-16H,7-13H2,1-6H3,(H,20,24)(H,21,23);2-10H,11H2,1H3. The zero-order chi connectivity index (χ0) is 28.8. The number of likely N-dealkylation sites (N-methyl/N-ethyl adjacent to an activating group) is 1. The molecule has 1 unspecified atom stereocenters. The van der Waals surface area contributed by atoms with Crippen molar-refractivity contribution in [2.24, 2.45) is 5.92 Å². The van der Waals surface area contributed by atoms with E-state index in [1.807, 2.05) is 51.1 Å². The third kappa shape index (κ3) is 13.2. The SMILES string of the molecule is CC(C)CC(C(=O)NCC(=O)NC(C)(C)C)N(C)C1CCCCC1.Cc1ccc(OCc2ccccc2)cc1. The highest BCUT2D eigenvalue weighted by molar-refractivity contribution is 5.87. The Morgan fingerprint density at radius 1 is 0.974 bits per heavy atom. The number of carbonyl (C=O) groups is 2. The topological polar surface area (TPSA) is 70.7 Å². The average Bonchev–Trinajstić information content (AvgIpc) is 2.90. The zero-order valence-electron chi connectivity index (χ0n) is 25.3. The van der Waals surface area contributed by atoms with Gasteiger partial charge in [-0.25, -0.2) is 0 Å². The van der Waals surface area contributed by atoms with Gasteiger partial charge in [0.1, 0.15) is 12.4 Å². The summed E-state index contributed by atoms with van der Waals surface area (Å²) >= 11 is 0. The maximum absolute atomic E-state index is 12.7. The molecule has 2 N–H and O–H groups in total. The van der Waals surface area contributed by atoms with E-state index < -0.39 is 0 Å². The highest BCUT2D eigenvalue weighted by atomic mass is 16.5. The lowest BCUT2D eigenvalue weighted by atomic mass is 9.92. The lowest BCUT2D eigenvalue weighted by Crippen LogP contribution is -2.53. The summed E-state index contributed by atoms with van der Waals surface area (Å²) in [7, 11) is 2.07. The molecule has 0 saturated heterocycles. The second-order valence-corrected chi connectivity index (χ2v) is 12.2. The normalized spacial score (nSPS) is 14.8. The van der Waals surface area contributed by atoms with Crippen molar-refractivity contribution < 1.29 is 14.3 Å². The van der Waals surface area contributed by atoms with Gasteiger partial charge in [-0.05, 0) is 77.6 Å². The van der Waals surface area contributed by atoms with Gasteiger partial charge in [-0.1, -0.05) is 81.1 Å². The van der Waals surface area contributed by atoms with Gasteiger partial charge in [0.25, 0.3) is 0 Å². The molecule has 1 fully saturated rings. The van der Waals surface area contributed by atoms with Gasteiger partial charge in [-0.15, -0.1) is 0 Å². The number of amides is 2. The highest BCUT2D eigenvalue weighted by Gasteiger charge is 2.30. The van der Waals surface area contributed by atoms with Crippen molar-refractivity contribution in [3.8, 4) is 5.75 Å². The molecule has 216 valence electrons. The van der Waals surface area contributed by atoms with E-state index in [-0.39, 0.29) is 29.9 Å². The van der Waals surface area contributed by atoms with Gasteiger partial charge in [0.15, 0.2) is 0 Å². The molecule has 0 spiro atoms. The number of hydrogen-bond acceptors (Lipinski definition) is 4. The first-order valence-corrected chi connectivity index (χ1v) is 14.5. The number of nitrogens with zero attached hydrogens (tertiary/aromatic N) is 1.